The van der Waals surface area contributed by atoms with Crippen LogP contribution in [0.3, 0.4) is 0 Å². The Morgan fingerprint density at radius 2 is 1.72 bits per heavy atom. The first-order chi connectivity index (χ1) is 17.2. The highest BCUT2D eigenvalue weighted by molar-refractivity contribution is 6.20. The van der Waals surface area contributed by atoms with Crippen molar-refractivity contribution >= 4 is 35.0 Å². The number of nitrogens with two attached hydrogens (primary N) is 1. The lowest BCUT2D eigenvalue weighted by Crippen LogP contribution is -2.48. The fourth-order valence-electron chi connectivity index (χ4n) is 4.67. The van der Waals surface area contributed by atoms with Gasteiger partial charge in [0.05, 0.1) is 11.4 Å². The molecule has 5 N–H and O–H groups in total. The number of hydrogen-bond acceptors (Lipinski definition) is 5. The number of benzene rings is 3. The maximum Gasteiger partial charge on any atom is 0.324 e. The third-order valence-electron chi connectivity index (χ3n) is 6.56. The number of carbonyl (C=O) groups is 3. The highest BCUT2D eigenvalue weighted by Gasteiger charge is 2.40. The molecule has 0 saturated carbocycles. The van der Waals surface area contributed by atoms with Crippen molar-refractivity contribution < 1.29 is 19.5 Å². The summed E-state index contributed by atoms with van der Waals surface area (Å²) in [4.78, 5) is 43.9. The molecular formula is C27H25N5O4. The number of benzodiazepines with no additional fused rings is 1. The van der Waals surface area contributed by atoms with Gasteiger partial charge in [-0.3, -0.25) is 9.59 Å². The normalized spacial score (nSPS) is 20.6. The van der Waals surface area contributed by atoms with Crippen LogP contribution in [0.4, 0.5) is 16.2 Å². The van der Waals surface area contributed by atoms with Crippen LogP contribution in [-0.4, -0.2) is 47.5 Å². The van der Waals surface area contributed by atoms with Crippen molar-refractivity contribution in [1.29, 1.82) is 0 Å². The molecule has 0 saturated heterocycles. The van der Waals surface area contributed by atoms with Crippen molar-refractivity contribution in [1.82, 2.24) is 5.32 Å². The summed E-state index contributed by atoms with van der Waals surface area (Å²) in [7, 11) is 1.65. The SMILES string of the molecule is CN1C(=O)C(NC(=O)Nc2ccc3c(c2)CC(N)(C(=O)O)C3)N=C(c2ccccc2)c2ccccc21. The number of para-hydroxylation sites is 1. The van der Waals surface area contributed by atoms with Crippen molar-refractivity contribution in [3.05, 3.63) is 95.1 Å². The summed E-state index contributed by atoms with van der Waals surface area (Å²) in [6.07, 6.45) is -0.760. The van der Waals surface area contributed by atoms with E-state index in [1.165, 1.54) is 4.90 Å². The maximum absolute atomic E-state index is 13.3. The zero-order valence-corrected chi connectivity index (χ0v) is 19.6. The lowest BCUT2D eigenvalue weighted by Gasteiger charge is -2.21. The topological polar surface area (TPSA) is 137 Å². The summed E-state index contributed by atoms with van der Waals surface area (Å²) in [6, 6.07) is 21.5. The van der Waals surface area contributed by atoms with E-state index in [1.807, 2.05) is 54.6 Å². The summed E-state index contributed by atoms with van der Waals surface area (Å²) in [5.74, 6) is -1.44. The fraction of sp³-hybridized carbons (Fsp3) is 0.185. The van der Waals surface area contributed by atoms with Crippen LogP contribution < -0.4 is 21.3 Å². The molecule has 36 heavy (non-hydrogen) atoms. The number of amides is 3. The molecule has 0 radical (unpaired) electrons. The van der Waals surface area contributed by atoms with Crippen LogP contribution >= 0.6 is 0 Å². The van der Waals surface area contributed by atoms with Crippen molar-refractivity contribution in [2.75, 3.05) is 17.3 Å². The van der Waals surface area contributed by atoms with Crippen LogP contribution in [0.2, 0.25) is 0 Å². The van der Waals surface area contributed by atoms with Crippen molar-refractivity contribution in [3.8, 4) is 0 Å². The van der Waals surface area contributed by atoms with Crippen LogP contribution in [0.15, 0.2) is 77.8 Å². The van der Waals surface area contributed by atoms with Gasteiger partial charge in [0.1, 0.15) is 5.54 Å². The van der Waals surface area contributed by atoms with E-state index in [0.29, 0.717) is 17.1 Å². The highest BCUT2D eigenvalue weighted by atomic mass is 16.4. The second-order valence-electron chi connectivity index (χ2n) is 9.06. The minimum atomic E-state index is -1.35. The Morgan fingerprint density at radius 3 is 2.47 bits per heavy atom. The minimum absolute atomic E-state index is 0.170. The van der Waals surface area contributed by atoms with Gasteiger partial charge in [0.15, 0.2) is 0 Å². The number of urea groups is 1. The fourth-order valence-corrected chi connectivity index (χ4v) is 4.67. The summed E-state index contributed by atoms with van der Waals surface area (Å²) < 4.78 is 0. The molecule has 2 aliphatic rings. The average molecular weight is 484 g/mol. The molecule has 5 rings (SSSR count). The standard InChI is InChI=1S/C27H25N5O4/c1-32-21-10-6-5-9-20(21)22(16-7-3-2-4-8-16)30-23(24(32)33)31-26(36)29-19-12-11-17-14-27(28,25(34)35)15-18(17)13-19/h2-13,23H,14-15,28H2,1H3,(H,34,35)(H2,29,31,36). The van der Waals surface area contributed by atoms with Crippen LogP contribution in [-0.2, 0) is 22.4 Å². The summed E-state index contributed by atoms with van der Waals surface area (Å²) in [6.45, 7) is 0. The monoisotopic (exact) mass is 483 g/mol. The number of anilines is 2. The molecule has 1 aliphatic heterocycles. The van der Waals surface area contributed by atoms with E-state index in [1.54, 1.807) is 25.2 Å². The number of hydrogen-bond donors (Lipinski definition) is 4. The quantitative estimate of drug-likeness (QED) is 0.452. The number of rotatable bonds is 4. The lowest BCUT2D eigenvalue weighted by atomic mass is 9.98. The Hall–Kier alpha value is -4.50. The molecule has 0 fully saturated rings. The molecule has 1 aliphatic carbocycles. The number of nitrogens with one attached hydrogen (secondary N) is 2. The Balaban J connectivity index is 1.40. The minimum Gasteiger partial charge on any atom is -0.480 e. The Labute approximate surface area is 207 Å². The van der Waals surface area contributed by atoms with E-state index in [-0.39, 0.29) is 18.7 Å². The van der Waals surface area contributed by atoms with Crippen molar-refractivity contribution in [2.24, 2.45) is 10.7 Å². The maximum atomic E-state index is 13.3. The number of carboxylic acid groups (broad SMARTS) is 1. The number of carboxylic acids is 1. The first-order valence-corrected chi connectivity index (χ1v) is 11.5. The van der Waals surface area contributed by atoms with Crippen LogP contribution in [0.1, 0.15) is 22.3 Å². The molecule has 0 spiro atoms. The first-order valence-electron chi connectivity index (χ1n) is 11.5. The van der Waals surface area contributed by atoms with Crippen LogP contribution in [0.25, 0.3) is 0 Å². The van der Waals surface area contributed by atoms with Crippen LogP contribution in [0.5, 0.6) is 0 Å². The second-order valence-corrected chi connectivity index (χ2v) is 9.06. The number of carbonyl (C=O) groups excluding carboxylic acids is 2. The van der Waals surface area contributed by atoms with Gasteiger partial charge in [0.25, 0.3) is 5.91 Å². The molecular weight excluding hydrogens is 458 g/mol. The molecule has 3 aromatic rings. The Morgan fingerprint density at radius 1 is 1.03 bits per heavy atom. The van der Waals surface area contributed by atoms with Gasteiger partial charge in [-0.05, 0) is 29.3 Å². The van der Waals surface area contributed by atoms with E-state index in [4.69, 9.17) is 5.73 Å². The van der Waals surface area contributed by atoms with Gasteiger partial charge in [0, 0.05) is 36.7 Å². The summed E-state index contributed by atoms with van der Waals surface area (Å²) in [5.41, 5.74) is 9.62. The summed E-state index contributed by atoms with van der Waals surface area (Å²) >= 11 is 0. The average Bonchev–Trinajstić information content (AvgIpc) is 3.18. The molecule has 9 nitrogen and oxygen atoms in total. The Kier molecular flexibility index (Phi) is 5.77. The van der Waals surface area contributed by atoms with Gasteiger partial charge in [-0.1, -0.05) is 54.6 Å². The number of nitrogens with zero attached hydrogens (tertiary/aromatic N) is 2. The number of aliphatic imine (C=N–C) groups is 1. The molecule has 3 aromatic carbocycles. The molecule has 0 bridgehead atoms. The molecule has 1 heterocycles. The van der Waals surface area contributed by atoms with E-state index in [0.717, 1.165) is 22.3 Å². The molecule has 9 heteroatoms. The van der Waals surface area contributed by atoms with Gasteiger partial charge in [0.2, 0.25) is 6.17 Å². The van der Waals surface area contributed by atoms with Crippen molar-refractivity contribution in [2.45, 2.75) is 24.5 Å². The van der Waals surface area contributed by atoms with Gasteiger partial charge in [-0.25, -0.2) is 9.79 Å². The van der Waals surface area contributed by atoms with Gasteiger partial charge >= 0.3 is 12.0 Å². The first kappa shape index (κ1) is 23.3. The zero-order chi connectivity index (χ0) is 25.4. The Bertz CT molecular complexity index is 1400. The highest BCUT2D eigenvalue weighted by Crippen LogP contribution is 2.31. The van der Waals surface area contributed by atoms with Gasteiger partial charge in [-0.2, -0.15) is 0 Å². The smallest absolute Gasteiger partial charge is 0.324 e. The predicted octanol–water partition coefficient (Wildman–Crippen LogP) is 2.53. The number of likely N-dealkylation sites (N-methyl/N-ethyl adjacent to an activating group) is 1. The van der Waals surface area contributed by atoms with Gasteiger partial charge < -0.3 is 26.4 Å². The lowest BCUT2D eigenvalue weighted by molar-refractivity contribution is -0.142. The predicted molar refractivity (Wildman–Crippen MR) is 136 cm³/mol. The molecule has 2 atom stereocenters. The van der Waals surface area contributed by atoms with Crippen molar-refractivity contribution in [3.63, 3.8) is 0 Å². The van der Waals surface area contributed by atoms with Crippen LogP contribution in [0, 0.1) is 0 Å². The van der Waals surface area contributed by atoms with E-state index in [2.05, 4.69) is 15.6 Å². The molecule has 2 unspecified atom stereocenters. The third-order valence-corrected chi connectivity index (χ3v) is 6.56. The molecule has 182 valence electrons. The zero-order valence-electron chi connectivity index (χ0n) is 19.6. The number of fused-ring (bicyclic) bond motifs is 2. The van der Waals surface area contributed by atoms with E-state index < -0.39 is 23.7 Å². The summed E-state index contributed by atoms with van der Waals surface area (Å²) in [5, 5.41) is 14.8. The van der Waals surface area contributed by atoms with E-state index in [9.17, 15) is 19.5 Å². The number of aliphatic carboxylic acids is 1. The molecule has 3 amide bonds. The van der Waals surface area contributed by atoms with E-state index >= 15 is 0 Å². The third kappa shape index (κ3) is 4.20. The van der Waals surface area contributed by atoms with Gasteiger partial charge in [-0.15, -0.1) is 0 Å². The second kappa shape index (κ2) is 8.94. The largest absolute Gasteiger partial charge is 0.480 e. The molecule has 0 aromatic heterocycles.